The minimum Gasteiger partial charge on any atom is -0.480 e. The van der Waals surface area contributed by atoms with Gasteiger partial charge in [0.05, 0.1) is 0 Å². The van der Waals surface area contributed by atoms with Crippen molar-refractivity contribution in [1.29, 1.82) is 0 Å². The van der Waals surface area contributed by atoms with Gasteiger partial charge in [0.25, 0.3) is 5.91 Å². The number of aliphatic carboxylic acids is 3. The molecule has 0 bridgehead atoms. The summed E-state index contributed by atoms with van der Waals surface area (Å²) >= 11 is 2.25. The van der Waals surface area contributed by atoms with Gasteiger partial charge < -0.3 is 47.6 Å². The number of rotatable bonds is 13. The van der Waals surface area contributed by atoms with Gasteiger partial charge in [0.2, 0.25) is 11.8 Å². The van der Waals surface area contributed by atoms with E-state index < -0.39 is 70.5 Å². The minimum atomic E-state index is -1.58. The van der Waals surface area contributed by atoms with Crippen LogP contribution in [0.1, 0.15) is 37.1 Å². The summed E-state index contributed by atoms with van der Waals surface area (Å²) in [5.74, 6) is -6.05. The van der Waals surface area contributed by atoms with Crippen LogP contribution in [-0.2, 0) is 28.8 Å². The molecule has 2 aromatic carbocycles. The summed E-state index contributed by atoms with van der Waals surface area (Å²) in [6.07, 6.45) is 0. The number of amides is 3. The van der Waals surface area contributed by atoms with Crippen molar-refractivity contribution < 1.29 is 44.1 Å². The summed E-state index contributed by atoms with van der Waals surface area (Å²) in [5.41, 5.74) is 7.69. The molecule has 4 rings (SSSR count). The molecular weight excluding hydrogens is 677 g/mol. The van der Waals surface area contributed by atoms with Crippen LogP contribution in [0.4, 0.5) is 0 Å². The summed E-state index contributed by atoms with van der Waals surface area (Å²) in [7, 11) is 0. The smallest absolute Gasteiger partial charge is 0.351 e. The molecular formula is C32H36N6O9S2. The molecule has 0 saturated carbocycles. The van der Waals surface area contributed by atoms with Crippen molar-refractivity contribution in [2.75, 3.05) is 11.5 Å². The standard InChI is InChI=1S/C32H36N6O9S2/c1-15-13-48-28(23(31(44)45)35-25(39)19(33)17-9-5-3-6-10-17)37-20(15)26(40)34-22(18-11-7-4-8-12-18)27(41)36-24(32(46)47)29-38-21(30(42)43)16(2)14-49-29/h3-12,19,22-24,28-29,37-38H,13-14,33H2,1-2H3,(H,34,40)(H,35,39)(H,36,41)(H,42,43)(H,44,45)(H,46,47)/t19-,22-,23+,24?,28?,29?/m1/s1. The van der Waals surface area contributed by atoms with Gasteiger partial charge in [-0.2, -0.15) is 0 Å². The Kier molecular flexibility index (Phi) is 12.3. The van der Waals surface area contributed by atoms with Gasteiger partial charge in [-0.1, -0.05) is 60.7 Å². The van der Waals surface area contributed by atoms with Gasteiger partial charge in [-0.15, -0.1) is 23.5 Å². The second kappa shape index (κ2) is 16.4. The Labute approximate surface area is 289 Å². The first-order valence-corrected chi connectivity index (χ1v) is 17.0. The lowest BCUT2D eigenvalue weighted by Gasteiger charge is -2.33. The molecule has 3 unspecified atom stereocenters. The van der Waals surface area contributed by atoms with Gasteiger partial charge in [0.15, 0.2) is 12.1 Å². The first-order chi connectivity index (χ1) is 23.3. The van der Waals surface area contributed by atoms with E-state index in [1.54, 1.807) is 74.5 Å². The third-order valence-corrected chi connectivity index (χ3v) is 10.4. The van der Waals surface area contributed by atoms with Crippen molar-refractivity contribution in [2.45, 2.75) is 48.8 Å². The number of hydrogen-bond donors (Lipinski definition) is 9. The predicted octanol–water partition coefficient (Wildman–Crippen LogP) is 0.640. The minimum absolute atomic E-state index is 0.0312. The molecule has 10 N–H and O–H groups in total. The molecule has 3 amide bonds. The molecule has 2 aromatic rings. The van der Waals surface area contributed by atoms with Crippen LogP contribution in [-0.4, -0.2) is 85.3 Å². The van der Waals surface area contributed by atoms with Crippen LogP contribution in [0.5, 0.6) is 0 Å². The van der Waals surface area contributed by atoms with Gasteiger partial charge in [0, 0.05) is 11.5 Å². The van der Waals surface area contributed by atoms with Crippen LogP contribution in [0, 0.1) is 0 Å². The Bertz CT molecular complexity index is 1670. The lowest BCUT2D eigenvalue weighted by atomic mass is 10.0. The van der Waals surface area contributed by atoms with E-state index in [-0.39, 0.29) is 22.9 Å². The maximum absolute atomic E-state index is 13.7. The molecule has 0 fully saturated rings. The van der Waals surface area contributed by atoms with Crippen LogP contribution in [0.15, 0.2) is 83.2 Å². The number of nitrogens with two attached hydrogens (primary N) is 1. The SMILES string of the molecule is CC1=C(C(=O)O)NC(C(NC(=O)[C@H](NC(=O)C2=C(C)CSC([C@H](NC(=O)[C@H](N)c3ccccc3)C(=O)O)N2)c2ccccc2)C(=O)O)SC1. The molecule has 2 aliphatic rings. The number of carboxylic acid groups (broad SMARTS) is 3. The Hall–Kier alpha value is -5.00. The lowest BCUT2D eigenvalue weighted by molar-refractivity contribution is -0.143. The van der Waals surface area contributed by atoms with Crippen molar-refractivity contribution >= 4 is 59.2 Å². The van der Waals surface area contributed by atoms with Crippen LogP contribution in [0.3, 0.4) is 0 Å². The number of carbonyl (C=O) groups excluding carboxylic acids is 3. The fraction of sp³-hybridized carbons (Fsp3) is 0.312. The summed E-state index contributed by atoms with van der Waals surface area (Å²) < 4.78 is 0. The molecule has 2 aliphatic heterocycles. The monoisotopic (exact) mass is 712 g/mol. The highest BCUT2D eigenvalue weighted by atomic mass is 32.2. The third-order valence-electron chi connectivity index (χ3n) is 7.67. The summed E-state index contributed by atoms with van der Waals surface area (Å²) in [5, 5.41) is 40.6. The third kappa shape index (κ3) is 9.13. The predicted molar refractivity (Wildman–Crippen MR) is 182 cm³/mol. The molecule has 15 nitrogen and oxygen atoms in total. The van der Waals surface area contributed by atoms with Crippen molar-refractivity contribution in [2.24, 2.45) is 5.73 Å². The lowest BCUT2D eigenvalue weighted by Crippen LogP contribution is -2.58. The maximum Gasteiger partial charge on any atom is 0.351 e. The number of carbonyl (C=O) groups is 6. The van der Waals surface area contributed by atoms with Crippen LogP contribution in [0.25, 0.3) is 0 Å². The van der Waals surface area contributed by atoms with Gasteiger partial charge in [-0.05, 0) is 36.1 Å². The number of carboxylic acids is 3. The fourth-order valence-electron chi connectivity index (χ4n) is 5.03. The first-order valence-electron chi connectivity index (χ1n) is 14.9. The van der Waals surface area contributed by atoms with E-state index in [4.69, 9.17) is 5.73 Å². The summed E-state index contributed by atoms with van der Waals surface area (Å²) in [6.45, 7) is 3.24. The molecule has 0 radical (unpaired) electrons. The second-order valence-corrected chi connectivity index (χ2v) is 13.5. The Morgan fingerprint density at radius 1 is 0.694 bits per heavy atom. The number of thioether (sulfide) groups is 2. The highest BCUT2D eigenvalue weighted by Gasteiger charge is 2.39. The van der Waals surface area contributed by atoms with Gasteiger partial charge >= 0.3 is 17.9 Å². The van der Waals surface area contributed by atoms with Crippen molar-refractivity contribution in [1.82, 2.24) is 26.6 Å². The zero-order chi connectivity index (χ0) is 35.8. The van der Waals surface area contributed by atoms with Crippen LogP contribution >= 0.6 is 23.5 Å². The van der Waals surface area contributed by atoms with E-state index >= 15 is 0 Å². The average Bonchev–Trinajstić information content (AvgIpc) is 3.08. The van der Waals surface area contributed by atoms with Crippen LogP contribution in [0.2, 0.25) is 0 Å². The molecule has 260 valence electrons. The Balaban J connectivity index is 1.52. The maximum atomic E-state index is 13.7. The first kappa shape index (κ1) is 36.8. The number of benzene rings is 2. The van der Waals surface area contributed by atoms with Gasteiger partial charge in [-0.3, -0.25) is 14.4 Å². The molecule has 17 heteroatoms. The van der Waals surface area contributed by atoms with E-state index in [0.717, 1.165) is 23.5 Å². The fourth-order valence-corrected chi connectivity index (χ4v) is 7.33. The van der Waals surface area contributed by atoms with E-state index in [0.29, 0.717) is 22.3 Å². The second-order valence-electron chi connectivity index (χ2n) is 11.2. The van der Waals surface area contributed by atoms with E-state index in [1.165, 1.54) is 0 Å². The van der Waals surface area contributed by atoms with E-state index in [9.17, 15) is 44.1 Å². The largest absolute Gasteiger partial charge is 0.480 e. The average molecular weight is 713 g/mol. The molecule has 6 atom stereocenters. The zero-order valence-corrected chi connectivity index (χ0v) is 28.0. The quantitative estimate of drug-likeness (QED) is 0.138. The van der Waals surface area contributed by atoms with E-state index in [1.807, 2.05) is 0 Å². The van der Waals surface area contributed by atoms with E-state index in [2.05, 4.69) is 26.6 Å². The summed E-state index contributed by atoms with van der Waals surface area (Å²) in [6, 6.07) is 10.8. The molecule has 2 heterocycles. The molecule has 49 heavy (non-hydrogen) atoms. The summed E-state index contributed by atoms with van der Waals surface area (Å²) in [4.78, 5) is 76.7. The zero-order valence-electron chi connectivity index (χ0n) is 26.3. The normalized spacial score (nSPS) is 20.0. The van der Waals surface area contributed by atoms with Gasteiger partial charge in [-0.25, -0.2) is 14.4 Å². The Morgan fingerprint density at radius 2 is 1.14 bits per heavy atom. The number of hydrogen-bond acceptors (Lipinski definition) is 11. The van der Waals surface area contributed by atoms with Crippen LogP contribution < -0.4 is 32.3 Å². The molecule has 0 aliphatic carbocycles. The molecule has 0 spiro atoms. The van der Waals surface area contributed by atoms with Gasteiger partial charge in [0.1, 0.15) is 34.2 Å². The Morgan fingerprint density at radius 3 is 1.63 bits per heavy atom. The van der Waals surface area contributed by atoms with Crippen molar-refractivity contribution in [3.8, 4) is 0 Å². The highest BCUT2D eigenvalue weighted by molar-refractivity contribution is 8.00. The molecule has 0 aromatic heterocycles. The van der Waals surface area contributed by atoms with Crippen molar-refractivity contribution in [3.05, 3.63) is 94.3 Å². The topological polar surface area (TPSA) is 249 Å². The number of nitrogens with one attached hydrogen (secondary N) is 5. The molecule has 0 saturated heterocycles. The van der Waals surface area contributed by atoms with Crippen molar-refractivity contribution in [3.63, 3.8) is 0 Å². The highest BCUT2D eigenvalue weighted by Crippen LogP contribution is 2.27.